The van der Waals surface area contributed by atoms with Gasteiger partial charge in [-0.15, -0.1) is 13.2 Å². The summed E-state index contributed by atoms with van der Waals surface area (Å²) in [6.07, 6.45) is -1.73. The Kier molecular flexibility index (Phi) is 6.05. The molecule has 1 spiro atoms. The number of carbonyl (C=O) groups is 1. The molecular formula is C28H28F3N3O7. The fourth-order valence-electron chi connectivity index (χ4n) is 7.62. The lowest BCUT2D eigenvalue weighted by atomic mass is 9.48. The molecule has 5 atom stereocenters. The molecule has 2 N–H and O–H groups in total. The van der Waals surface area contributed by atoms with Crippen LogP contribution in [-0.4, -0.2) is 81.6 Å². The molecule has 2 heterocycles. The molecule has 41 heavy (non-hydrogen) atoms. The van der Waals surface area contributed by atoms with Gasteiger partial charge in [0.05, 0.1) is 28.0 Å². The second kappa shape index (κ2) is 9.08. The first kappa shape index (κ1) is 27.3. The van der Waals surface area contributed by atoms with Crippen molar-refractivity contribution in [3.05, 3.63) is 63.2 Å². The third-order valence-corrected chi connectivity index (χ3v) is 9.36. The number of nitro benzene ring substituents is 1. The van der Waals surface area contributed by atoms with Crippen LogP contribution in [-0.2, 0) is 16.6 Å². The van der Waals surface area contributed by atoms with Crippen molar-refractivity contribution in [1.29, 1.82) is 0 Å². The number of likely N-dealkylation sites (tertiary alicyclic amines) is 1. The van der Waals surface area contributed by atoms with E-state index >= 15 is 0 Å². The molecule has 2 bridgehead atoms. The highest BCUT2D eigenvalue weighted by atomic mass is 19.4. The number of hydrogen-bond acceptors (Lipinski definition) is 8. The molecule has 2 aromatic rings. The van der Waals surface area contributed by atoms with E-state index in [1.807, 2.05) is 11.9 Å². The minimum atomic E-state index is -4.85. The predicted octanol–water partition coefficient (Wildman–Crippen LogP) is 3.52. The molecule has 2 aliphatic heterocycles. The molecule has 2 aliphatic carbocycles. The van der Waals surface area contributed by atoms with E-state index in [1.54, 1.807) is 7.05 Å². The standard InChI is InChI=1S/C28H28F3N3O7/c1-32-11-10-26-23-17-13-21(32)27(26,37)9-8-18(25(26)40-24(23)20(35)14-19(17)34(38)39)33(2)22(36)7-6-15-4-3-5-16(12-15)41-28(29,30)31/h3-7,12,14,18,21,25,35,37H,8-11,13H2,1-2H3/t18-,21-,25+,26+,27-/m1/s1. The molecule has 0 unspecified atom stereocenters. The Hall–Kier alpha value is -3.84. The first-order valence-electron chi connectivity index (χ1n) is 13.2. The van der Waals surface area contributed by atoms with Crippen LogP contribution in [0.4, 0.5) is 18.9 Å². The summed E-state index contributed by atoms with van der Waals surface area (Å²) in [6.45, 7) is 0.579. The third-order valence-electron chi connectivity index (χ3n) is 9.36. The van der Waals surface area contributed by atoms with Crippen molar-refractivity contribution in [2.24, 2.45) is 0 Å². The molecule has 2 fully saturated rings. The predicted molar refractivity (Wildman–Crippen MR) is 138 cm³/mol. The number of nitrogens with zero attached hydrogens (tertiary/aromatic N) is 3. The van der Waals surface area contributed by atoms with Crippen molar-refractivity contribution >= 4 is 17.7 Å². The summed E-state index contributed by atoms with van der Waals surface area (Å²) in [6, 6.07) is 5.33. The van der Waals surface area contributed by atoms with Crippen molar-refractivity contribution < 1.29 is 42.6 Å². The Morgan fingerprint density at radius 3 is 2.78 bits per heavy atom. The number of likely N-dealkylation sites (N-methyl/N-ethyl adjacent to an activating group) is 2. The summed E-state index contributed by atoms with van der Waals surface area (Å²) < 4.78 is 48.1. The Labute approximate surface area is 232 Å². The Morgan fingerprint density at radius 2 is 2.07 bits per heavy atom. The van der Waals surface area contributed by atoms with E-state index in [0.717, 1.165) is 18.2 Å². The van der Waals surface area contributed by atoms with E-state index in [1.165, 1.54) is 29.2 Å². The fourth-order valence-corrected chi connectivity index (χ4v) is 7.62. The van der Waals surface area contributed by atoms with E-state index in [0.29, 0.717) is 42.5 Å². The minimum Gasteiger partial charge on any atom is -0.504 e. The van der Waals surface area contributed by atoms with Gasteiger partial charge in [-0.3, -0.25) is 14.9 Å². The SMILES string of the molecule is CN1CC[C@]23c4c5c([N+](=O)[O-])cc(O)c4O[C@H]2[C@H](N(C)C(=O)C=Cc2cccc(OC(F)(F)F)c2)CC[C@@]3(O)[C@H]1C5. The van der Waals surface area contributed by atoms with Crippen LogP contribution in [0.2, 0.25) is 0 Å². The number of alkyl halides is 3. The Balaban J connectivity index is 1.35. The van der Waals surface area contributed by atoms with E-state index < -0.39 is 52.1 Å². The second-order valence-electron chi connectivity index (χ2n) is 11.2. The van der Waals surface area contributed by atoms with Crippen LogP contribution >= 0.6 is 0 Å². The minimum absolute atomic E-state index is 0.113. The maximum absolute atomic E-state index is 13.3. The first-order valence-corrected chi connectivity index (χ1v) is 13.2. The molecule has 10 nitrogen and oxygen atoms in total. The molecule has 0 aromatic heterocycles. The topological polar surface area (TPSA) is 126 Å². The van der Waals surface area contributed by atoms with Crippen molar-refractivity contribution in [3.63, 3.8) is 0 Å². The van der Waals surface area contributed by atoms with Crippen molar-refractivity contribution in [2.45, 2.75) is 61.2 Å². The molecule has 218 valence electrons. The Morgan fingerprint density at radius 1 is 1.32 bits per heavy atom. The molecule has 1 saturated heterocycles. The zero-order chi connectivity index (χ0) is 29.5. The smallest absolute Gasteiger partial charge is 0.504 e. The van der Waals surface area contributed by atoms with Crippen LogP contribution in [0.3, 0.4) is 0 Å². The van der Waals surface area contributed by atoms with Crippen molar-refractivity contribution in [3.8, 4) is 17.2 Å². The highest BCUT2D eigenvalue weighted by Gasteiger charge is 2.74. The molecule has 0 radical (unpaired) electrons. The zero-order valence-corrected chi connectivity index (χ0v) is 22.2. The monoisotopic (exact) mass is 575 g/mol. The second-order valence-corrected chi connectivity index (χ2v) is 11.2. The lowest BCUT2D eigenvalue weighted by molar-refractivity contribution is -0.386. The van der Waals surface area contributed by atoms with Gasteiger partial charge in [0.15, 0.2) is 11.5 Å². The lowest BCUT2D eigenvalue weighted by Crippen LogP contribution is -2.77. The van der Waals surface area contributed by atoms with Gasteiger partial charge in [-0.05, 0) is 63.0 Å². The summed E-state index contributed by atoms with van der Waals surface area (Å²) in [7, 11) is 3.45. The van der Waals surface area contributed by atoms with Gasteiger partial charge in [0.2, 0.25) is 5.91 Å². The van der Waals surface area contributed by atoms with E-state index in [9.17, 15) is 38.3 Å². The summed E-state index contributed by atoms with van der Waals surface area (Å²) in [5.74, 6) is -1.13. The van der Waals surface area contributed by atoms with E-state index in [-0.39, 0.29) is 23.6 Å². The number of rotatable bonds is 5. The maximum atomic E-state index is 13.3. The number of piperidine rings is 1. The third kappa shape index (κ3) is 3.96. The highest BCUT2D eigenvalue weighted by molar-refractivity contribution is 5.92. The number of ether oxygens (including phenoxy) is 2. The largest absolute Gasteiger partial charge is 0.573 e. The number of benzene rings is 2. The molecular weight excluding hydrogens is 547 g/mol. The van der Waals surface area contributed by atoms with Crippen LogP contribution < -0.4 is 9.47 Å². The lowest BCUT2D eigenvalue weighted by Gasteiger charge is -2.64. The number of carbonyl (C=O) groups excluding carboxylic acids is 1. The summed E-state index contributed by atoms with van der Waals surface area (Å²) in [5.41, 5.74) is -1.40. The van der Waals surface area contributed by atoms with Gasteiger partial charge in [-0.1, -0.05) is 12.1 Å². The van der Waals surface area contributed by atoms with Gasteiger partial charge in [0.25, 0.3) is 5.69 Å². The quantitative estimate of drug-likeness (QED) is 0.315. The van der Waals surface area contributed by atoms with Gasteiger partial charge in [-0.2, -0.15) is 0 Å². The van der Waals surface area contributed by atoms with Crippen LogP contribution in [0.25, 0.3) is 6.08 Å². The number of halogens is 3. The molecule has 2 aromatic carbocycles. The van der Waals surface area contributed by atoms with Crippen molar-refractivity contribution in [2.75, 3.05) is 20.6 Å². The summed E-state index contributed by atoms with van der Waals surface area (Å²) >= 11 is 0. The van der Waals surface area contributed by atoms with E-state index in [4.69, 9.17) is 4.74 Å². The van der Waals surface area contributed by atoms with Crippen molar-refractivity contribution in [1.82, 2.24) is 9.80 Å². The number of phenols is 1. The number of amides is 1. The van der Waals surface area contributed by atoms with Crippen LogP contribution in [0.15, 0.2) is 36.4 Å². The molecule has 13 heteroatoms. The molecule has 4 aliphatic rings. The summed E-state index contributed by atoms with van der Waals surface area (Å²) in [4.78, 5) is 28.3. The first-order chi connectivity index (χ1) is 19.3. The summed E-state index contributed by atoms with van der Waals surface area (Å²) in [5, 5.41) is 35.1. The van der Waals surface area contributed by atoms with Crippen LogP contribution in [0.5, 0.6) is 17.2 Å². The number of aliphatic hydroxyl groups is 1. The molecule has 6 rings (SSSR count). The number of aromatic hydroxyl groups is 1. The van der Waals surface area contributed by atoms with Gasteiger partial charge in [0.1, 0.15) is 11.9 Å². The number of phenolic OH excluding ortho intramolecular Hbond substituents is 1. The molecule has 1 amide bonds. The normalized spacial score (nSPS) is 30.0. The highest BCUT2D eigenvalue weighted by Crippen LogP contribution is 2.66. The Bertz CT molecular complexity index is 1480. The van der Waals surface area contributed by atoms with Crippen LogP contribution in [0, 0.1) is 10.1 Å². The average Bonchev–Trinajstić information content (AvgIpc) is 3.25. The van der Waals surface area contributed by atoms with E-state index in [2.05, 4.69) is 4.74 Å². The number of nitro groups is 1. The maximum Gasteiger partial charge on any atom is 0.573 e. The zero-order valence-electron chi connectivity index (χ0n) is 22.2. The van der Waals surface area contributed by atoms with Gasteiger partial charge >= 0.3 is 6.36 Å². The van der Waals surface area contributed by atoms with Gasteiger partial charge < -0.3 is 29.5 Å². The van der Waals surface area contributed by atoms with Gasteiger partial charge in [0, 0.05) is 30.3 Å². The molecule has 1 saturated carbocycles. The fraction of sp³-hybridized carbons (Fsp3) is 0.464. The number of hydrogen-bond donors (Lipinski definition) is 2. The average molecular weight is 576 g/mol. The van der Waals surface area contributed by atoms with Crippen LogP contribution in [0.1, 0.15) is 36.0 Å². The van der Waals surface area contributed by atoms with Gasteiger partial charge in [-0.25, -0.2) is 0 Å².